The third kappa shape index (κ3) is 6.41. The van der Waals surface area contributed by atoms with E-state index in [0.29, 0.717) is 34.2 Å². The van der Waals surface area contributed by atoms with Gasteiger partial charge in [-0.15, -0.1) is 0 Å². The van der Waals surface area contributed by atoms with Crippen molar-refractivity contribution in [1.29, 1.82) is 0 Å². The predicted molar refractivity (Wildman–Crippen MR) is 125 cm³/mol. The third-order valence-corrected chi connectivity index (χ3v) is 5.20. The van der Waals surface area contributed by atoms with Crippen LogP contribution in [0.2, 0.25) is 5.02 Å². The molecule has 0 unspecified atom stereocenters. The Bertz CT molecular complexity index is 1120. The second-order valence-corrected chi connectivity index (χ2v) is 7.84. The number of ether oxygens (including phenoxy) is 1. The first-order chi connectivity index (χ1) is 14.9. The Labute approximate surface area is 193 Å². The number of carbonyl (C=O) groups excluding carboxylic acids is 2. The van der Waals surface area contributed by atoms with E-state index in [2.05, 4.69) is 31.8 Å². The lowest BCUT2D eigenvalue weighted by Gasteiger charge is -2.10. The zero-order valence-electron chi connectivity index (χ0n) is 16.6. The molecule has 3 rings (SSSR count). The van der Waals surface area contributed by atoms with Gasteiger partial charge in [-0.1, -0.05) is 63.9 Å². The summed E-state index contributed by atoms with van der Waals surface area (Å²) in [7, 11) is 0. The number of nitrogens with one attached hydrogen (secondary N) is 2. The number of nitrogens with zero attached hydrogens (tertiary/aromatic N) is 1. The Kier molecular flexibility index (Phi) is 7.81. The molecule has 0 aliphatic rings. The molecule has 0 heterocycles. The summed E-state index contributed by atoms with van der Waals surface area (Å²) >= 11 is 9.44. The van der Waals surface area contributed by atoms with Crippen LogP contribution in [0.4, 0.5) is 5.69 Å². The average molecular weight is 501 g/mol. The highest BCUT2D eigenvalue weighted by Crippen LogP contribution is 2.24. The topological polar surface area (TPSA) is 79.8 Å². The van der Waals surface area contributed by atoms with Crippen LogP contribution in [-0.4, -0.2) is 18.0 Å². The highest BCUT2D eigenvalue weighted by molar-refractivity contribution is 9.10. The summed E-state index contributed by atoms with van der Waals surface area (Å²) in [5.41, 5.74) is 5.01. The third-order valence-electron chi connectivity index (χ3n) is 4.30. The molecule has 2 N–H and O–H groups in total. The molecule has 3 aromatic carbocycles. The van der Waals surface area contributed by atoms with Crippen molar-refractivity contribution in [2.24, 2.45) is 5.10 Å². The van der Waals surface area contributed by atoms with Crippen molar-refractivity contribution >= 4 is 51.2 Å². The number of carbonyl (C=O) groups is 2. The van der Waals surface area contributed by atoms with Crippen LogP contribution in [0.5, 0.6) is 5.75 Å². The highest BCUT2D eigenvalue weighted by Gasteiger charge is 2.14. The van der Waals surface area contributed by atoms with Crippen molar-refractivity contribution in [3.63, 3.8) is 0 Å². The lowest BCUT2D eigenvalue weighted by atomic mass is 10.2. The molecule has 0 fully saturated rings. The summed E-state index contributed by atoms with van der Waals surface area (Å²) in [6.45, 7) is 2.13. The molecule has 0 aliphatic carbocycles. The van der Waals surface area contributed by atoms with E-state index in [-0.39, 0.29) is 0 Å². The Balaban J connectivity index is 1.63. The van der Waals surface area contributed by atoms with E-state index in [1.807, 2.05) is 36.4 Å². The number of hydrogen-bond donors (Lipinski definition) is 2. The number of halogens is 2. The maximum Gasteiger partial charge on any atom is 0.329 e. The van der Waals surface area contributed by atoms with Gasteiger partial charge in [0.15, 0.2) is 0 Å². The van der Waals surface area contributed by atoms with Gasteiger partial charge in [-0.25, -0.2) is 5.43 Å². The number of benzene rings is 3. The van der Waals surface area contributed by atoms with Crippen LogP contribution >= 0.6 is 27.5 Å². The monoisotopic (exact) mass is 499 g/mol. The molecule has 2 amide bonds. The van der Waals surface area contributed by atoms with Gasteiger partial charge in [-0.3, -0.25) is 9.59 Å². The van der Waals surface area contributed by atoms with Gasteiger partial charge in [0.05, 0.1) is 6.21 Å². The molecule has 0 saturated carbocycles. The average Bonchev–Trinajstić information content (AvgIpc) is 2.77. The summed E-state index contributed by atoms with van der Waals surface area (Å²) < 4.78 is 6.69. The fourth-order valence-corrected chi connectivity index (χ4v) is 3.17. The second kappa shape index (κ2) is 10.7. The number of rotatable bonds is 6. The smallest absolute Gasteiger partial charge is 0.329 e. The highest BCUT2D eigenvalue weighted by atomic mass is 79.9. The molecule has 0 aromatic heterocycles. The molecular weight excluding hydrogens is 482 g/mol. The molecule has 8 heteroatoms. The van der Waals surface area contributed by atoms with Gasteiger partial charge in [-0.05, 0) is 48.4 Å². The van der Waals surface area contributed by atoms with Gasteiger partial charge >= 0.3 is 11.8 Å². The summed E-state index contributed by atoms with van der Waals surface area (Å²) in [5, 5.41) is 6.90. The van der Waals surface area contributed by atoms with E-state index >= 15 is 0 Å². The van der Waals surface area contributed by atoms with E-state index in [0.717, 1.165) is 10.0 Å². The van der Waals surface area contributed by atoms with Crippen molar-refractivity contribution in [2.75, 3.05) is 5.32 Å². The number of hydrazone groups is 1. The van der Waals surface area contributed by atoms with Crippen LogP contribution in [0, 0.1) is 6.92 Å². The molecule has 0 atom stereocenters. The van der Waals surface area contributed by atoms with Crippen molar-refractivity contribution in [2.45, 2.75) is 13.5 Å². The van der Waals surface area contributed by atoms with Crippen molar-refractivity contribution in [1.82, 2.24) is 5.43 Å². The van der Waals surface area contributed by atoms with Crippen LogP contribution < -0.4 is 15.5 Å². The van der Waals surface area contributed by atoms with Crippen LogP contribution in [0.25, 0.3) is 0 Å². The summed E-state index contributed by atoms with van der Waals surface area (Å²) in [6, 6.07) is 20.2. The van der Waals surface area contributed by atoms with Crippen molar-refractivity contribution < 1.29 is 14.3 Å². The molecular formula is C23H19BrClN3O3. The molecule has 3 aromatic rings. The van der Waals surface area contributed by atoms with Gasteiger partial charge in [0.25, 0.3) is 0 Å². The quantitative estimate of drug-likeness (QED) is 0.281. The fourth-order valence-electron chi connectivity index (χ4n) is 2.62. The van der Waals surface area contributed by atoms with Crippen molar-refractivity contribution in [3.05, 3.63) is 92.9 Å². The zero-order chi connectivity index (χ0) is 22.2. The molecule has 6 nitrogen and oxygen atoms in total. The minimum Gasteiger partial charge on any atom is -0.488 e. The summed E-state index contributed by atoms with van der Waals surface area (Å²) in [4.78, 5) is 24.2. The van der Waals surface area contributed by atoms with Gasteiger partial charge in [0.2, 0.25) is 0 Å². The molecule has 31 heavy (non-hydrogen) atoms. The molecule has 0 bridgehead atoms. The molecule has 158 valence electrons. The lowest BCUT2D eigenvalue weighted by molar-refractivity contribution is -0.136. The zero-order valence-corrected chi connectivity index (χ0v) is 18.9. The number of amides is 2. The van der Waals surface area contributed by atoms with Crippen LogP contribution in [0.15, 0.2) is 76.3 Å². The van der Waals surface area contributed by atoms with Crippen LogP contribution in [-0.2, 0) is 16.2 Å². The standard InChI is InChI=1S/C23H19BrClN3O3/c1-15-19(25)8-5-9-20(15)27-22(29)23(30)28-26-13-17-12-18(24)10-11-21(17)31-14-16-6-3-2-4-7-16/h2-13H,14H2,1H3,(H,27,29)(H,28,30)/b26-13-. The van der Waals surface area contributed by atoms with E-state index < -0.39 is 11.8 Å². The number of anilines is 1. The molecule has 0 spiro atoms. The van der Waals surface area contributed by atoms with E-state index in [1.165, 1.54) is 6.21 Å². The van der Waals surface area contributed by atoms with Gasteiger partial charge in [-0.2, -0.15) is 5.10 Å². The maximum absolute atomic E-state index is 12.1. The first-order valence-corrected chi connectivity index (χ1v) is 10.5. The largest absolute Gasteiger partial charge is 0.488 e. The summed E-state index contributed by atoms with van der Waals surface area (Å²) in [5.74, 6) is -1.17. The first-order valence-electron chi connectivity index (χ1n) is 9.30. The minimum atomic E-state index is -0.905. The Hall–Kier alpha value is -3.16. The van der Waals surface area contributed by atoms with Gasteiger partial charge in [0, 0.05) is 20.7 Å². The molecule has 0 aliphatic heterocycles. The number of hydrogen-bond acceptors (Lipinski definition) is 4. The first kappa shape index (κ1) is 22.5. The van der Waals surface area contributed by atoms with E-state index in [9.17, 15) is 9.59 Å². The van der Waals surface area contributed by atoms with Gasteiger partial charge in [0.1, 0.15) is 12.4 Å². The fraction of sp³-hybridized carbons (Fsp3) is 0.0870. The molecule has 0 radical (unpaired) electrons. The Morgan fingerprint density at radius 3 is 2.61 bits per heavy atom. The van der Waals surface area contributed by atoms with E-state index in [4.69, 9.17) is 16.3 Å². The van der Waals surface area contributed by atoms with E-state index in [1.54, 1.807) is 37.3 Å². The Morgan fingerprint density at radius 1 is 1.06 bits per heavy atom. The molecule has 0 saturated heterocycles. The van der Waals surface area contributed by atoms with Gasteiger partial charge < -0.3 is 10.1 Å². The Morgan fingerprint density at radius 2 is 1.84 bits per heavy atom. The normalized spacial score (nSPS) is 10.7. The maximum atomic E-state index is 12.1. The minimum absolute atomic E-state index is 0.386. The van der Waals surface area contributed by atoms with Crippen LogP contribution in [0.3, 0.4) is 0 Å². The predicted octanol–water partition coefficient (Wildman–Crippen LogP) is 5.08. The SMILES string of the molecule is Cc1c(Cl)cccc1NC(=O)C(=O)N/N=C\c1cc(Br)ccc1OCc1ccccc1. The lowest BCUT2D eigenvalue weighted by Crippen LogP contribution is -2.32. The van der Waals surface area contributed by atoms with Crippen molar-refractivity contribution in [3.8, 4) is 5.75 Å². The summed E-state index contributed by atoms with van der Waals surface area (Å²) in [6.07, 6.45) is 1.42. The van der Waals surface area contributed by atoms with Crippen LogP contribution in [0.1, 0.15) is 16.7 Å². The second-order valence-electron chi connectivity index (χ2n) is 6.52.